The van der Waals surface area contributed by atoms with Crippen LogP contribution in [-0.4, -0.2) is 40.8 Å². The molecule has 3 aromatic rings. The van der Waals surface area contributed by atoms with E-state index >= 15 is 0 Å². The summed E-state index contributed by atoms with van der Waals surface area (Å²) in [6.45, 7) is 2.29. The van der Waals surface area contributed by atoms with Gasteiger partial charge < -0.3 is 20.5 Å². The first-order valence-electron chi connectivity index (χ1n) is 9.04. The Morgan fingerprint density at radius 1 is 1.11 bits per heavy atom. The molecule has 1 aromatic heterocycles. The van der Waals surface area contributed by atoms with Crippen molar-refractivity contribution in [3.63, 3.8) is 0 Å². The van der Waals surface area contributed by atoms with E-state index in [-0.39, 0.29) is 11.6 Å². The largest absolute Gasteiger partial charge is 0.478 e. The summed E-state index contributed by atoms with van der Waals surface area (Å²) >= 11 is 0. The second kappa shape index (κ2) is 8.16. The van der Waals surface area contributed by atoms with E-state index < -0.39 is 5.97 Å². The van der Waals surface area contributed by atoms with Crippen molar-refractivity contribution in [1.82, 2.24) is 15.3 Å². The van der Waals surface area contributed by atoms with E-state index in [1.807, 2.05) is 12.1 Å². The molecule has 0 spiro atoms. The molecule has 1 unspecified atom stereocenters. The molecule has 1 atom stereocenters. The third-order valence-corrected chi connectivity index (χ3v) is 4.57. The van der Waals surface area contributed by atoms with Crippen LogP contribution in [0.1, 0.15) is 22.0 Å². The number of carboxylic acids is 1. The summed E-state index contributed by atoms with van der Waals surface area (Å²) in [5, 5.41) is 15.7. The number of hydrogen-bond acceptors (Lipinski definition) is 6. The first-order valence-corrected chi connectivity index (χ1v) is 9.04. The van der Waals surface area contributed by atoms with E-state index in [0.29, 0.717) is 12.6 Å². The highest BCUT2D eigenvalue weighted by molar-refractivity contribution is 5.88. The van der Waals surface area contributed by atoms with Gasteiger partial charge in [-0.2, -0.15) is 0 Å². The Kier molecular flexibility index (Phi) is 5.27. The van der Waals surface area contributed by atoms with E-state index in [1.165, 1.54) is 5.56 Å². The van der Waals surface area contributed by atoms with Crippen molar-refractivity contribution in [3.8, 4) is 11.3 Å². The van der Waals surface area contributed by atoms with Crippen molar-refractivity contribution in [1.29, 1.82) is 0 Å². The molecular weight excluding hydrogens is 356 g/mol. The lowest BCUT2D eigenvalue weighted by Crippen LogP contribution is -2.34. The van der Waals surface area contributed by atoms with Crippen LogP contribution in [0, 0.1) is 0 Å². The second-order valence-corrected chi connectivity index (χ2v) is 6.48. The average Bonchev–Trinajstić information content (AvgIpc) is 2.75. The van der Waals surface area contributed by atoms with Crippen LogP contribution in [0.25, 0.3) is 11.3 Å². The number of ether oxygens (including phenoxy) is 1. The lowest BCUT2D eigenvalue weighted by atomic mass is 10.1. The van der Waals surface area contributed by atoms with Gasteiger partial charge in [-0.05, 0) is 35.9 Å². The van der Waals surface area contributed by atoms with Crippen LogP contribution in [0.2, 0.25) is 0 Å². The van der Waals surface area contributed by atoms with Gasteiger partial charge in [0.15, 0.2) is 0 Å². The minimum Gasteiger partial charge on any atom is -0.478 e. The molecule has 1 aliphatic rings. The van der Waals surface area contributed by atoms with Gasteiger partial charge in [0, 0.05) is 24.0 Å². The van der Waals surface area contributed by atoms with Crippen LogP contribution in [-0.2, 0) is 4.74 Å². The molecule has 1 saturated heterocycles. The molecule has 28 heavy (non-hydrogen) atoms. The van der Waals surface area contributed by atoms with E-state index in [4.69, 9.17) is 9.84 Å². The zero-order valence-electron chi connectivity index (χ0n) is 15.1. The van der Waals surface area contributed by atoms with Crippen molar-refractivity contribution in [2.75, 3.05) is 25.1 Å². The second-order valence-electron chi connectivity index (χ2n) is 6.48. The van der Waals surface area contributed by atoms with Gasteiger partial charge >= 0.3 is 5.97 Å². The highest BCUT2D eigenvalue weighted by Gasteiger charge is 2.14. The fraction of sp³-hybridized carbons (Fsp3) is 0.190. The van der Waals surface area contributed by atoms with E-state index in [0.717, 1.165) is 30.1 Å². The van der Waals surface area contributed by atoms with Crippen molar-refractivity contribution in [3.05, 3.63) is 71.9 Å². The van der Waals surface area contributed by atoms with Crippen molar-refractivity contribution < 1.29 is 14.6 Å². The van der Waals surface area contributed by atoms with Gasteiger partial charge in [0.2, 0.25) is 5.95 Å². The topological polar surface area (TPSA) is 96.4 Å². The average molecular weight is 376 g/mol. The molecule has 0 saturated carbocycles. The first-order chi connectivity index (χ1) is 13.7. The number of anilines is 2. The minimum atomic E-state index is -0.949. The number of nitrogens with zero attached hydrogens (tertiary/aromatic N) is 2. The monoisotopic (exact) mass is 376 g/mol. The van der Waals surface area contributed by atoms with Gasteiger partial charge in [0.05, 0.1) is 30.5 Å². The smallest absolute Gasteiger partial charge is 0.335 e. The molecule has 1 aliphatic heterocycles. The third kappa shape index (κ3) is 4.16. The standard InChI is InChI=1S/C21H20N4O3/c26-20(27)16-3-1-14(2-4-16)18-9-10-23-21(25-18)24-17-7-5-15(6-8-17)19-13-28-12-11-22-19/h1-10,19,22H,11-13H2,(H,26,27)(H,23,24,25). The van der Waals surface area contributed by atoms with Crippen molar-refractivity contribution in [2.24, 2.45) is 0 Å². The zero-order chi connectivity index (χ0) is 19.3. The molecule has 7 heteroatoms. The molecule has 2 aromatic carbocycles. The summed E-state index contributed by atoms with van der Waals surface area (Å²) in [5.74, 6) is -0.471. The highest BCUT2D eigenvalue weighted by Crippen LogP contribution is 2.22. The van der Waals surface area contributed by atoms with E-state index in [1.54, 1.807) is 36.5 Å². The van der Waals surface area contributed by atoms with Gasteiger partial charge in [0.1, 0.15) is 0 Å². The van der Waals surface area contributed by atoms with Crippen molar-refractivity contribution >= 4 is 17.6 Å². The maximum atomic E-state index is 11.0. The maximum absolute atomic E-state index is 11.0. The molecule has 0 bridgehead atoms. The Balaban J connectivity index is 1.48. The fourth-order valence-corrected chi connectivity index (χ4v) is 3.07. The SMILES string of the molecule is O=C(O)c1ccc(-c2ccnc(Nc3ccc(C4COCCN4)cc3)n2)cc1. The van der Waals surface area contributed by atoms with Gasteiger partial charge in [0.25, 0.3) is 0 Å². The predicted molar refractivity (Wildman–Crippen MR) is 106 cm³/mol. The Labute approximate surface area is 162 Å². The molecule has 0 radical (unpaired) electrons. The minimum absolute atomic E-state index is 0.219. The number of aromatic carboxylic acids is 1. The van der Waals surface area contributed by atoms with Crippen LogP contribution in [0.4, 0.5) is 11.6 Å². The molecule has 3 N–H and O–H groups in total. The van der Waals surface area contributed by atoms with Crippen molar-refractivity contribution in [2.45, 2.75) is 6.04 Å². The van der Waals surface area contributed by atoms with Crippen LogP contribution in [0.3, 0.4) is 0 Å². The zero-order valence-corrected chi connectivity index (χ0v) is 15.1. The molecule has 0 amide bonds. The molecule has 0 aliphatic carbocycles. The van der Waals surface area contributed by atoms with Gasteiger partial charge in [-0.3, -0.25) is 0 Å². The number of rotatable bonds is 5. The van der Waals surface area contributed by atoms with E-state index in [2.05, 4.69) is 32.7 Å². The number of morpholine rings is 1. The Morgan fingerprint density at radius 2 is 1.89 bits per heavy atom. The summed E-state index contributed by atoms with van der Waals surface area (Å²) in [7, 11) is 0. The number of aromatic nitrogens is 2. The Hall–Kier alpha value is -3.29. The summed E-state index contributed by atoms with van der Waals surface area (Å²) in [6, 6.07) is 16.7. The van der Waals surface area contributed by atoms with Crippen LogP contribution < -0.4 is 10.6 Å². The number of hydrogen-bond donors (Lipinski definition) is 3. The van der Waals surface area contributed by atoms with Gasteiger partial charge in [-0.25, -0.2) is 14.8 Å². The maximum Gasteiger partial charge on any atom is 0.335 e. The summed E-state index contributed by atoms with van der Waals surface area (Å²) in [6.07, 6.45) is 1.67. The molecule has 7 nitrogen and oxygen atoms in total. The highest BCUT2D eigenvalue weighted by atomic mass is 16.5. The van der Waals surface area contributed by atoms with Crippen LogP contribution >= 0.6 is 0 Å². The summed E-state index contributed by atoms with van der Waals surface area (Å²) in [5.41, 5.74) is 3.86. The molecular formula is C21H20N4O3. The number of benzene rings is 2. The molecule has 2 heterocycles. The molecule has 4 rings (SSSR count). The normalized spacial score (nSPS) is 16.5. The molecule has 142 valence electrons. The van der Waals surface area contributed by atoms with Gasteiger partial charge in [-0.15, -0.1) is 0 Å². The van der Waals surface area contributed by atoms with Crippen LogP contribution in [0.15, 0.2) is 60.8 Å². The number of carbonyl (C=O) groups is 1. The van der Waals surface area contributed by atoms with E-state index in [9.17, 15) is 4.79 Å². The lowest BCUT2D eigenvalue weighted by Gasteiger charge is -2.24. The lowest BCUT2D eigenvalue weighted by molar-refractivity contribution is 0.0697. The number of nitrogens with one attached hydrogen (secondary N) is 2. The third-order valence-electron chi connectivity index (χ3n) is 4.57. The van der Waals surface area contributed by atoms with Crippen LogP contribution in [0.5, 0.6) is 0 Å². The quantitative estimate of drug-likeness (QED) is 0.629. The fourth-order valence-electron chi connectivity index (χ4n) is 3.07. The summed E-state index contributed by atoms with van der Waals surface area (Å²) < 4.78 is 5.51. The predicted octanol–water partition coefficient (Wildman–Crippen LogP) is 3.25. The number of carboxylic acid groups (broad SMARTS) is 1. The Morgan fingerprint density at radius 3 is 2.57 bits per heavy atom. The Bertz CT molecular complexity index is 952. The molecule has 1 fully saturated rings. The first kappa shape index (κ1) is 18.1. The summed E-state index contributed by atoms with van der Waals surface area (Å²) in [4.78, 5) is 19.8. The van der Waals surface area contributed by atoms with Gasteiger partial charge in [-0.1, -0.05) is 24.3 Å².